The van der Waals surface area contributed by atoms with Gasteiger partial charge in [-0.2, -0.15) is 0 Å². The highest BCUT2D eigenvalue weighted by atomic mass is 35.5. The number of sulfone groups is 1. The van der Waals surface area contributed by atoms with Crippen LogP contribution in [0.1, 0.15) is 16.7 Å². The van der Waals surface area contributed by atoms with Crippen LogP contribution in [0.5, 0.6) is 0 Å². The molecule has 35 heavy (non-hydrogen) atoms. The summed E-state index contributed by atoms with van der Waals surface area (Å²) in [6, 6.07) is 13.7. The van der Waals surface area contributed by atoms with Crippen LogP contribution >= 0.6 is 34.5 Å². The fraction of sp³-hybridized carbons (Fsp3) is 0.200. The van der Waals surface area contributed by atoms with Gasteiger partial charge in [0.15, 0.2) is 15.6 Å². The van der Waals surface area contributed by atoms with Gasteiger partial charge >= 0.3 is 0 Å². The number of halogens is 2. The lowest BCUT2D eigenvalue weighted by Gasteiger charge is -2.12. The number of ketones is 1. The zero-order chi connectivity index (χ0) is 24.9. The van der Waals surface area contributed by atoms with Crippen LogP contribution in [0.2, 0.25) is 9.36 Å². The first kappa shape index (κ1) is 24.2. The summed E-state index contributed by atoms with van der Waals surface area (Å²) in [5.74, 6) is -1.08. The molecule has 10 heteroatoms. The lowest BCUT2D eigenvalue weighted by atomic mass is 10.0. The molecule has 0 amide bonds. The number of hydrogen-bond donors (Lipinski definition) is 0. The number of rotatable bonds is 6. The van der Waals surface area contributed by atoms with Crippen LogP contribution in [0.4, 0.5) is 0 Å². The average molecular weight is 547 g/mol. The quantitative estimate of drug-likeness (QED) is 0.344. The maximum absolute atomic E-state index is 13.3. The predicted molar refractivity (Wildman–Crippen MR) is 140 cm³/mol. The third kappa shape index (κ3) is 4.81. The number of carbonyl (C=O) groups is 1. The molecule has 5 rings (SSSR count). The van der Waals surface area contributed by atoms with Crippen molar-refractivity contribution < 1.29 is 13.2 Å². The lowest BCUT2D eigenvalue weighted by Crippen LogP contribution is -2.19. The highest BCUT2D eigenvalue weighted by Crippen LogP contribution is 2.28. The molecule has 6 nitrogen and oxygen atoms in total. The first-order valence-electron chi connectivity index (χ1n) is 10.7. The molecule has 0 N–H and O–H groups in total. The van der Waals surface area contributed by atoms with E-state index >= 15 is 0 Å². The van der Waals surface area contributed by atoms with Gasteiger partial charge in [0, 0.05) is 31.1 Å². The summed E-state index contributed by atoms with van der Waals surface area (Å²) in [5.41, 5.74) is 3.26. The fourth-order valence-corrected chi connectivity index (χ4v) is 7.49. The first-order chi connectivity index (χ1) is 16.6. The topological polar surface area (TPSA) is 76.5 Å². The average Bonchev–Trinajstić information content (AvgIpc) is 3.38. The Hall–Kier alpha value is -2.49. The standard InChI is InChI=1S/C25H20Cl2N2O4S2/c1-28-12-17-10-16-6-7-29(25(31)20(16)11-18(17)13-28)22-3-2-15(9-21(22)26)8-19(30)14-35(32,33)24-5-4-23(27)34-24/h2-7,9-11H,8,12-14H2,1H3. The second-order valence-corrected chi connectivity index (χ2v) is 13.0. The summed E-state index contributed by atoms with van der Waals surface area (Å²) in [4.78, 5) is 28.0. The van der Waals surface area contributed by atoms with Crippen molar-refractivity contribution in [3.8, 4) is 5.69 Å². The van der Waals surface area contributed by atoms with E-state index in [1.165, 1.54) is 22.3 Å². The number of thiophene rings is 1. The van der Waals surface area contributed by atoms with Gasteiger partial charge in [0.05, 0.1) is 15.0 Å². The number of Topliss-reactive ketones (excluding diaryl/α,β-unsaturated/α-hetero) is 1. The molecule has 180 valence electrons. The Kier molecular flexibility index (Phi) is 6.35. The van der Waals surface area contributed by atoms with E-state index in [0.29, 0.717) is 26.0 Å². The summed E-state index contributed by atoms with van der Waals surface area (Å²) < 4.78 is 26.8. The molecule has 0 bridgehead atoms. The molecule has 4 aromatic rings. The lowest BCUT2D eigenvalue weighted by molar-refractivity contribution is -0.116. The zero-order valence-electron chi connectivity index (χ0n) is 18.6. The molecular formula is C25H20Cl2N2O4S2. The van der Waals surface area contributed by atoms with E-state index in [4.69, 9.17) is 23.2 Å². The molecule has 0 fully saturated rings. The fourth-order valence-electron chi connectivity index (χ4n) is 4.39. The van der Waals surface area contributed by atoms with Crippen molar-refractivity contribution in [2.75, 3.05) is 12.8 Å². The van der Waals surface area contributed by atoms with Gasteiger partial charge in [0.25, 0.3) is 5.56 Å². The molecule has 0 unspecified atom stereocenters. The Balaban J connectivity index is 1.39. The van der Waals surface area contributed by atoms with Crippen molar-refractivity contribution in [3.05, 3.63) is 91.1 Å². The zero-order valence-corrected chi connectivity index (χ0v) is 21.8. The van der Waals surface area contributed by atoms with Gasteiger partial charge in [-0.1, -0.05) is 29.3 Å². The van der Waals surface area contributed by atoms with Crippen LogP contribution in [0.25, 0.3) is 16.5 Å². The van der Waals surface area contributed by atoms with E-state index in [-0.39, 0.29) is 16.2 Å². The molecule has 2 aromatic heterocycles. The molecule has 0 saturated heterocycles. The highest BCUT2D eigenvalue weighted by molar-refractivity contribution is 7.94. The second kappa shape index (κ2) is 9.19. The smallest absolute Gasteiger partial charge is 0.263 e. The molecule has 1 aliphatic heterocycles. The van der Waals surface area contributed by atoms with Gasteiger partial charge in [0.2, 0.25) is 0 Å². The van der Waals surface area contributed by atoms with Gasteiger partial charge in [0.1, 0.15) is 9.96 Å². The van der Waals surface area contributed by atoms with Crippen LogP contribution in [0, 0.1) is 0 Å². The number of carbonyl (C=O) groups excluding carboxylic acids is 1. The Labute approximate surface area is 216 Å². The largest absolute Gasteiger partial charge is 0.298 e. The van der Waals surface area contributed by atoms with Gasteiger partial charge in [-0.05, 0) is 71.6 Å². The van der Waals surface area contributed by atoms with Gasteiger partial charge in [-0.3, -0.25) is 19.1 Å². The number of pyridine rings is 1. The first-order valence-corrected chi connectivity index (χ1v) is 14.0. The summed E-state index contributed by atoms with van der Waals surface area (Å²) in [6.07, 6.45) is 1.60. The van der Waals surface area contributed by atoms with Crippen molar-refractivity contribution in [2.24, 2.45) is 0 Å². The molecule has 0 saturated carbocycles. The Morgan fingerprint density at radius 2 is 1.77 bits per heavy atom. The van der Waals surface area contributed by atoms with Crippen LogP contribution in [-0.4, -0.2) is 36.5 Å². The summed E-state index contributed by atoms with van der Waals surface area (Å²) in [5, 5.41) is 1.80. The van der Waals surface area contributed by atoms with Crippen molar-refractivity contribution >= 4 is 60.9 Å². The third-order valence-corrected chi connectivity index (χ3v) is 9.78. The molecule has 1 aliphatic rings. The van der Waals surface area contributed by atoms with E-state index < -0.39 is 21.4 Å². The minimum atomic E-state index is -3.75. The number of benzene rings is 2. The van der Waals surface area contributed by atoms with Crippen molar-refractivity contribution in [3.63, 3.8) is 0 Å². The van der Waals surface area contributed by atoms with Gasteiger partial charge in [-0.15, -0.1) is 11.3 Å². The Morgan fingerprint density at radius 3 is 2.46 bits per heavy atom. The minimum Gasteiger partial charge on any atom is -0.298 e. The van der Waals surface area contributed by atoms with E-state index in [9.17, 15) is 18.0 Å². The molecular weight excluding hydrogens is 527 g/mol. The molecule has 3 heterocycles. The maximum Gasteiger partial charge on any atom is 0.263 e. The Morgan fingerprint density at radius 1 is 1.03 bits per heavy atom. The minimum absolute atomic E-state index is 0.0668. The molecule has 0 radical (unpaired) electrons. The number of fused-ring (bicyclic) bond motifs is 2. The van der Waals surface area contributed by atoms with Crippen molar-refractivity contribution in [1.82, 2.24) is 9.47 Å². The van der Waals surface area contributed by atoms with Crippen molar-refractivity contribution in [2.45, 2.75) is 23.7 Å². The summed E-state index contributed by atoms with van der Waals surface area (Å²) >= 11 is 13.2. The predicted octanol–water partition coefficient (Wildman–Crippen LogP) is 4.89. The highest BCUT2D eigenvalue weighted by Gasteiger charge is 2.22. The number of aromatic nitrogens is 1. The van der Waals surface area contributed by atoms with Crippen LogP contribution in [0.15, 0.2) is 63.7 Å². The van der Waals surface area contributed by atoms with E-state index in [0.717, 1.165) is 35.4 Å². The van der Waals surface area contributed by atoms with Gasteiger partial charge in [-0.25, -0.2) is 8.42 Å². The van der Waals surface area contributed by atoms with Crippen LogP contribution in [0.3, 0.4) is 0 Å². The molecule has 0 aliphatic carbocycles. The third-order valence-electron chi connectivity index (χ3n) is 5.98. The molecule has 0 atom stereocenters. The monoisotopic (exact) mass is 546 g/mol. The van der Waals surface area contributed by atoms with E-state index in [1.54, 1.807) is 24.4 Å². The number of hydrogen-bond acceptors (Lipinski definition) is 6. The maximum atomic E-state index is 13.3. The van der Waals surface area contributed by atoms with Crippen molar-refractivity contribution in [1.29, 1.82) is 0 Å². The Bertz CT molecular complexity index is 1660. The summed E-state index contributed by atoms with van der Waals surface area (Å²) in [6.45, 7) is 1.67. The van der Waals surface area contributed by atoms with E-state index in [2.05, 4.69) is 11.0 Å². The summed E-state index contributed by atoms with van der Waals surface area (Å²) in [7, 11) is -1.71. The van der Waals surface area contributed by atoms with Crippen LogP contribution < -0.4 is 5.56 Å². The second-order valence-electron chi connectivity index (χ2n) is 8.69. The van der Waals surface area contributed by atoms with Crippen LogP contribution in [-0.2, 0) is 34.1 Å². The van der Waals surface area contributed by atoms with Gasteiger partial charge < -0.3 is 0 Å². The number of nitrogens with zero attached hydrogens (tertiary/aromatic N) is 2. The normalized spacial score (nSPS) is 13.9. The molecule has 2 aromatic carbocycles. The SMILES string of the molecule is CN1Cc2cc3ccn(-c4ccc(CC(=O)CS(=O)(=O)c5ccc(Cl)s5)cc4Cl)c(=O)c3cc2C1. The molecule has 0 spiro atoms. The van der Waals surface area contributed by atoms with E-state index in [1.807, 2.05) is 19.2 Å².